The molecule has 0 N–H and O–H groups in total. The highest BCUT2D eigenvalue weighted by Gasteiger charge is 2.31. The van der Waals surface area contributed by atoms with Crippen molar-refractivity contribution in [2.24, 2.45) is 0 Å². The third kappa shape index (κ3) is 3.67. The Labute approximate surface area is 121 Å². The van der Waals surface area contributed by atoms with Crippen LogP contribution in [-0.4, -0.2) is 37.6 Å². The van der Waals surface area contributed by atoms with Crippen molar-refractivity contribution in [2.75, 3.05) is 37.6 Å². The van der Waals surface area contributed by atoms with Crippen LogP contribution < -0.4 is 4.90 Å². The molecule has 1 saturated heterocycles. The van der Waals surface area contributed by atoms with Gasteiger partial charge in [-0.2, -0.15) is 13.2 Å². The van der Waals surface area contributed by atoms with Gasteiger partial charge in [-0.15, -0.1) is 6.58 Å². The molecule has 0 aliphatic carbocycles. The number of halogens is 4. The van der Waals surface area contributed by atoms with Gasteiger partial charge in [-0.3, -0.25) is 4.90 Å². The van der Waals surface area contributed by atoms with Crippen LogP contribution in [0.25, 0.3) is 0 Å². The lowest BCUT2D eigenvalue weighted by Gasteiger charge is -2.35. The molecule has 0 aromatic heterocycles. The lowest BCUT2D eigenvalue weighted by atomic mass is 10.1. The normalized spacial score (nSPS) is 17.3. The maximum atomic E-state index is 12.8. The summed E-state index contributed by atoms with van der Waals surface area (Å²) >= 11 is 5.80. The predicted octanol–water partition coefficient (Wildman–Crippen LogP) is 3.67. The molecule has 1 aliphatic rings. The minimum Gasteiger partial charge on any atom is -0.369 e. The van der Waals surface area contributed by atoms with Crippen molar-refractivity contribution in [2.45, 2.75) is 6.18 Å². The van der Waals surface area contributed by atoms with Crippen LogP contribution in [0.2, 0.25) is 5.02 Å². The Kier molecular flexibility index (Phi) is 4.60. The zero-order valence-electron chi connectivity index (χ0n) is 11.0. The minimum absolute atomic E-state index is 0.114. The molecule has 0 spiro atoms. The van der Waals surface area contributed by atoms with Crippen LogP contribution in [0, 0.1) is 0 Å². The van der Waals surface area contributed by atoms with Crippen LogP contribution in [-0.2, 0) is 6.18 Å². The fourth-order valence-electron chi connectivity index (χ4n) is 2.29. The van der Waals surface area contributed by atoms with Gasteiger partial charge >= 0.3 is 6.18 Å². The molecule has 6 heteroatoms. The summed E-state index contributed by atoms with van der Waals surface area (Å²) < 4.78 is 38.3. The van der Waals surface area contributed by atoms with E-state index in [0.29, 0.717) is 18.8 Å². The second-order valence-corrected chi connectivity index (χ2v) is 5.21. The summed E-state index contributed by atoms with van der Waals surface area (Å²) in [5.74, 6) is 0. The van der Waals surface area contributed by atoms with E-state index in [1.807, 2.05) is 11.0 Å². The van der Waals surface area contributed by atoms with Gasteiger partial charge in [0.2, 0.25) is 0 Å². The van der Waals surface area contributed by atoms with Gasteiger partial charge in [0.25, 0.3) is 0 Å². The number of alkyl halides is 3. The Morgan fingerprint density at radius 3 is 2.35 bits per heavy atom. The highest BCUT2D eigenvalue weighted by atomic mass is 35.5. The molecule has 0 amide bonds. The molecular weight excluding hydrogens is 289 g/mol. The van der Waals surface area contributed by atoms with Crippen molar-refractivity contribution in [3.8, 4) is 0 Å². The molecule has 1 aromatic carbocycles. The summed E-state index contributed by atoms with van der Waals surface area (Å²) in [6.45, 7) is 7.47. The second kappa shape index (κ2) is 6.06. The summed E-state index contributed by atoms with van der Waals surface area (Å²) in [6.07, 6.45) is -2.54. The molecule has 2 rings (SSSR count). The smallest absolute Gasteiger partial charge is 0.369 e. The molecule has 0 radical (unpaired) electrons. The van der Waals surface area contributed by atoms with Crippen LogP contribution in [0.3, 0.4) is 0 Å². The molecule has 0 atom stereocenters. The van der Waals surface area contributed by atoms with E-state index >= 15 is 0 Å². The van der Waals surface area contributed by atoms with Gasteiger partial charge in [0.1, 0.15) is 0 Å². The molecule has 0 unspecified atom stereocenters. The molecule has 1 aromatic rings. The van der Waals surface area contributed by atoms with Gasteiger partial charge in [-0.05, 0) is 18.2 Å². The lowest BCUT2D eigenvalue weighted by Crippen LogP contribution is -2.46. The lowest BCUT2D eigenvalue weighted by molar-refractivity contribution is -0.137. The number of anilines is 1. The Morgan fingerprint density at radius 1 is 1.15 bits per heavy atom. The molecule has 1 heterocycles. The predicted molar refractivity (Wildman–Crippen MR) is 75.3 cm³/mol. The van der Waals surface area contributed by atoms with E-state index < -0.39 is 11.7 Å². The first-order chi connectivity index (χ1) is 9.40. The molecular formula is C14H16ClF3N2. The third-order valence-electron chi connectivity index (χ3n) is 3.33. The highest BCUT2D eigenvalue weighted by Crippen LogP contribution is 2.34. The van der Waals surface area contributed by atoms with Crippen molar-refractivity contribution in [1.29, 1.82) is 0 Å². The van der Waals surface area contributed by atoms with Crippen LogP contribution in [0.15, 0.2) is 30.9 Å². The number of benzene rings is 1. The molecule has 20 heavy (non-hydrogen) atoms. The van der Waals surface area contributed by atoms with Crippen LogP contribution in [0.1, 0.15) is 5.56 Å². The Hall–Kier alpha value is -1.20. The maximum Gasteiger partial charge on any atom is 0.416 e. The van der Waals surface area contributed by atoms with Gasteiger partial charge in [0, 0.05) is 43.4 Å². The number of hydrogen-bond donors (Lipinski definition) is 0. The largest absolute Gasteiger partial charge is 0.416 e. The Balaban J connectivity index is 2.14. The molecule has 1 fully saturated rings. The van der Waals surface area contributed by atoms with Crippen LogP contribution >= 0.6 is 11.6 Å². The summed E-state index contributed by atoms with van der Waals surface area (Å²) in [7, 11) is 0. The number of nitrogens with zero attached hydrogens (tertiary/aromatic N) is 2. The standard InChI is InChI=1S/C14H16ClF3N2/c1-2-3-19-4-6-20(7-5-19)13-9-11(14(16,17)18)8-12(15)10-13/h2,8-10H,1,3-7H2. The first kappa shape index (κ1) is 15.2. The first-order valence-corrected chi connectivity index (χ1v) is 6.74. The fraction of sp³-hybridized carbons (Fsp3) is 0.429. The highest BCUT2D eigenvalue weighted by molar-refractivity contribution is 6.30. The summed E-state index contributed by atoms with van der Waals surface area (Å²) in [5.41, 5.74) is -0.170. The van der Waals surface area contributed by atoms with E-state index in [9.17, 15) is 13.2 Å². The zero-order chi connectivity index (χ0) is 14.8. The molecule has 1 aliphatic heterocycles. The number of piperazine rings is 1. The summed E-state index contributed by atoms with van der Waals surface area (Å²) in [4.78, 5) is 4.14. The summed E-state index contributed by atoms with van der Waals surface area (Å²) in [6, 6.07) is 3.70. The topological polar surface area (TPSA) is 6.48 Å². The van der Waals surface area contributed by atoms with Gasteiger partial charge in [-0.1, -0.05) is 17.7 Å². The third-order valence-corrected chi connectivity index (χ3v) is 3.55. The quantitative estimate of drug-likeness (QED) is 0.786. The van der Waals surface area contributed by atoms with Crippen molar-refractivity contribution in [3.05, 3.63) is 41.4 Å². The maximum absolute atomic E-state index is 12.8. The first-order valence-electron chi connectivity index (χ1n) is 6.36. The number of rotatable bonds is 3. The van der Waals surface area contributed by atoms with Gasteiger partial charge in [-0.25, -0.2) is 0 Å². The molecule has 110 valence electrons. The monoisotopic (exact) mass is 304 g/mol. The van der Waals surface area contributed by atoms with Crippen molar-refractivity contribution < 1.29 is 13.2 Å². The van der Waals surface area contributed by atoms with E-state index in [-0.39, 0.29) is 5.02 Å². The van der Waals surface area contributed by atoms with E-state index in [4.69, 9.17) is 11.6 Å². The van der Waals surface area contributed by atoms with Crippen molar-refractivity contribution >= 4 is 17.3 Å². The molecule has 2 nitrogen and oxygen atoms in total. The van der Waals surface area contributed by atoms with E-state index in [1.165, 1.54) is 0 Å². The average Bonchev–Trinajstić information content (AvgIpc) is 2.38. The molecule has 0 bridgehead atoms. The minimum atomic E-state index is -4.37. The van der Waals surface area contributed by atoms with Gasteiger partial charge < -0.3 is 4.90 Å². The fourth-order valence-corrected chi connectivity index (χ4v) is 2.52. The Morgan fingerprint density at radius 2 is 1.80 bits per heavy atom. The second-order valence-electron chi connectivity index (χ2n) is 4.77. The SMILES string of the molecule is C=CCN1CCN(c2cc(Cl)cc(C(F)(F)F)c2)CC1. The van der Waals surface area contributed by atoms with E-state index in [2.05, 4.69) is 11.5 Å². The van der Waals surface area contributed by atoms with Gasteiger partial charge in [0.15, 0.2) is 0 Å². The van der Waals surface area contributed by atoms with Crippen molar-refractivity contribution in [3.63, 3.8) is 0 Å². The van der Waals surface area contributed by atoms with E-state index in [1.54, 1.807) is 6.07 Å². The summed E-state index contributed by atoms with van der Waals surface area (Å²) in [5, 5.41) is 0.114. The van der Waals surface area contributed by atoms with Crippen molar-refractivity contribution in [1.82, 2.24) is 4.90 Å². The number of hydrogen-bond acceptors (Lipinski definition) is 2. The Bertz CT molecular complexity index is 480. The van der Waals surface area contributed by atoms with Crippen LogP contribution in [0.5, 0.6) is 0 Å². The molecule has 0 saturated carbocycles. The van der Waals surface area contributed by atoms with Gasteiger partial charge in [0.05, 0.1) is 5.56 Å². The van der Waals surface area contributed by atoms with Crippen LogP contribution in [0.4, 0.5) is 18.9 Å². The zero-order valence-corrected chi connectivity index (χ0v) is 11.7. The van der Waals surface area contributed by atoms with E-state index in [0.717, 1.165) is 31.8 Å². The average molecular weight is 305 g/mol.